The van der Waals surface area contributed by atoms with Gasteiger partial charge in [0.25, 0.3) is 0 Å². The maximum absolute atomic E-state index is 11.0. The number of halogens is 2. The van der Waals surface area contributed by atoms with Crippen LogP contribution in [0.5, 0.6) is 0 Å². The van der Waals surface area contributed by atoms with Crippen LogP contribution in [0.4, 0.5) is 5.13 Å². The van der Waals surface area contributed by atoms with Crippen molar-refractivity contribution < 1.29 is 9.90 Å². The Hall–Kier alpha value is -1.11. The molecule has 0 aliphatic heterocycles. The average Bonchev–Trinajstić information content (AvgIpc) is 2.64. The van der Waals surface area contributed by atoms with E-state index in [-0.39, 0.29) is 10.8 Å². The van der Waals surface area contributed by atoms with Gasteiger partial charge in [0.05, 0.1) is 9.90 Å². The van der Waals surface area contributed by atoms with Crippen molar-refractivity contribution in [2.24, 2.45) is 0 Å². The van der Waals surface area contributed by atoms with Crippen molar-refractivity contribution >= 4 is 50.0 Å². The molecule has 88 valence electrons. The second-order valence-electron chi connectivity index (χ2n) is 3.16. The van der Waals surface area contributed by atoms with Gasteiger partial charge in [0, 0.05) is 4.47 Å². The summed E-state index contributed by atoms with van der Waals surface area (Å²) in [5.41, 5.74) is 6.20. The number of aromatic carboxylic acids is 1. The molecule has 7 heteroatoms. The smallest absolute Gasteiger partial charge is 0.356 e. The first-order chi connectivity index (χ1) is 7.99. The Kier molecular flexibility index (Phi) is 3.37. The molecule has 17 heavy (non-hydrogen) atoms. The highest BCUT2D eigenvalue weighted by Gasteiger charge is 2.18. The van der Waals surface area contributed by atoms with Gasteiger partial charge in [0.2, 0.25) is 0 Å². The van der Waals surface area contributed by atoms with Gasteiger partial charge >= 0.3 is 5.97 Å². The summed E-state index contributed by atoms with van der Waals surface area (Å²) < 4.78 is 0.694. The van der Waals surface area contributed by atoms with Gasteiger partial charge in [0.15, 0.2) is 10.8 Å². The molecule has 0 saturated heterocycles. The van der Waals surface area contributed by atoms with E-state index in [4.69, 9.17) is 22.4 Å². The monoisotopic (exact) mass is 332 g/mol. The minimum atomic E-state index is -1.10. The maximum atomic E-state index is 11.0. The number of anilines is 1. The first-order valence-corrected chi connectivity index (χ1v) is 6.43. The Bertz CT molecular complexity index is 600. The Balaban J connectivity index is 2.59. The highest BCUT2D eigenvalue weighted by molar-refractivity contribution is 9.10. The van der Waals surface area contributed by atoms with Gasteiger partial charge in [-0.15, -0.1) is 0 Å². The number of nitrogen functional groups attached to an aromatic ring is 1. The summed E-state index contributed by atoms with van der Waals surface area (Å²) in [5, 5.41) is 9.80. The Morgan fingerprint density at radius 2 is 2.24 bits per heavy atom. The van der Waals surface area contributed by atoms with Crippen molar-refractivity contribution in [1.29, 1.82) is 0 Å². The number of benzene rings is 1. The summed E-state index contributed by atoms with van der Waals surface area (Å²) >= 11 is 10.3. The van der Waals surface area contributed by atoms with E-state index in [0.29, 0.717) is 19.9 Å². The SMILES string of the molecule is Nc1nc(C(=O)O)c(-c2ccc(Cl)c(Br)c2)s1. The minimum Gasteiger partial charge on any atom is -0.476 e. The molecule has 0 unspecified atom stereocenters. The molecule has 2 aromatic rings. The number of carbonyl (C=O) groups is 1. The van der Waals surface area contributed by atoms with E-state index in [2.05, 4.69) is 20.9 Å². The summed E-state index contributed by atoms with van der Waals surface area (Å²) in [6, 6.07) is 5.15. The van der Waals surface area contributed by atoms with Gasteiger partial charge in [-0.2, -0.15) is 0 Å². The third-order valence-corrected chi connectivity index (χ3v) is 4.18. The first-order valence-electron chi connectivity index (χ1n) is 4.44. The van der Waals surface area contributed by atoms with Crippen LogP contribution < -0.4 is 5.73 Å². The van der Waals surface area contributed by atoms with Crippen LogP contribution in [-0.2, 0) is 0 Å². The zero-order valence-corrected chi connectivity index (χ0v) is 11.4. The van der Waals surface area contributed by atoms with Crippen LogP contribution in [0.2, 0.25) is 5.02 Å². The van der Waals surface area contributed by atoms with Gasteiger partial charge in [-0.1, -0.05) is 29.0 Å². The average molecular weight is 334 g/mol. The number of hydrogen-bond donors (Lipinski definition) is 2. The molecule has 0 bridgehead atoms. The van der Waals surface area contributed by atoms with Gasteiger partial charge in [-0.25, -0.2) is 9.78 Å². The summed E-state index contributed by atoms with van der Waals surface area (Å²) in [5.74, 6) is -1.10. The molecule has 1 aromatic heterocycles. The van der Waals surface area contributed by atoms with Gasteiger partial charge in [-0.3, -0.25) is 0 Å². The predicted octanol–water partition coefficient (Wildman–Crippen LogP) is 3.51. The molecule has 0 aliphatic carbocycles. The number of thiazole rings is 1. The number of nitrogens with two attached hydrogens (primary N) is 1. The van der Waals surface area contributed by atoms with Crippen LogP contribution in [0.15, 0.2) is 22.7 Å². The van der Waals surface area contributed by atoms with Gasteiger partial charge in [0.1, 0.15) is 0 Å². The summed E-state index contributed by atoms with van der Waals surface area (Å²) in [4.78, 5) is 15.3. The van der Waals surface area contributed by atoms with Crippen LogP contribution >= 0.6 is 38.9 Å². The first kappa shape index (κ1) is 12.3. The highest BCUT2D eigenvalue weighted by atomic mass is 79.9. The highest BCUT2D eigenvalue weighted by Crippen LogP contribution is 2.35. The topological polar surface area (TPSA) is 76.2 Å². The third-order valence-electron chi connectivity index (χ3n) is 2.03. The van der Waals surface area contributed by atoms with E-state index < -0.39 is 5.97 Å². The van der Waals surface area contributed by atoms with Crippen LogP contribution in [0.3, 0.4) is 0 Å². The Morgan fingerprint density at radius 1 is 1.53 bits per heavy atom. The summed E-state index contributed by atoms with van der Waals surface area (Å²) in [6.45, 7) is 0. The van der Waals surface area contributed by atoms with Crippen LogP contribution in [0.1, 0.15) is 10.5 Å². The molecule has 0 fully saturated rings. The van der Waals surface area contributed by atoms with E-state index in [9.17, 15) is 4.79 Å². The molecule has 0 atom stereocenters. The zero-order valence-electron chi connectivity index (χ0n) is 8.28. The van der Waals surface area contributed by atoms with E-state index in [1.807, 2.05) is 0 Å². The maximum Gasteiger partial charge on any atom is 0.356 e. The molecule has 0 radical (unpaired) electrons. The van der Waals surface area contributed by atoms with Gasteiger partial charge < -0.3 is 10.8 Å². The number of carboxylic acid groups (broad SMARTS) is 1. The molecule has 3 N–H and O–H groups in total. The third kappa shape index (κ3) is 2.43. The summed E-state index contributed by atoms with van der Waals surface area (Å²) in [6.07, 6.45) is 0. The number of hydrogen-bond acceptors (Lipinski definition) is 4. The fourth-order valence-electron chi connectivity index (χ4n) is 1.31. The normalized spacial score (nSPS) is 10.5. The molecule has 2 rings (SSSR count). The fourth-order valence-corrected chi connectivity index (χ4v) is 2.63. The van der Waals surface area contributed by atoms with E-state index >= 15 is 0 Å². The minimum absolute atomic E-state index is 0.0401. The molecule has 0 aliphatic rings. The molecule has 0 amide bonds. The predicted molar refractivity (Wildman–Crippen MR) is 71.6 cm³/mol. The second kappa shape index (κ2) is 4.64. The van der Waals surface area contributed by atoms with E-state index in [1.165, 1.54) is 0 Å². The van der Waals surface area contributed by atoms with Crippen molar-refractivity contribution in [3.63, 3.8) is 0 Å². The Morgan fingerprint density at radius 3 is 2.82 bits per heavy atom. The lowest BCUT2D eigenvalue weighted by Gasteiger charge is -2.01. The lowest BCUT2D eigenvalue weighted by Crippen LogP contribution is -1.99. The Labute approximate surface area is 114 Å². The molecule has 4 nitrogen and oxygen atoms in total. The number of carboxylic acids is 1. The number of aromatic nitrogens is 1. The van der Waals surface area contributed by atoms with Gasteiger partial charge in [-0.05, 0) is 33.6 Å². The molecular formula is C10H6BrClN2O2S. The lowest BCUT2D eigenvalue weighted by molar-refractivity contribution is 0.0692. The van der Waals surface area contributed by atoms with E-state index in [0.717, 1.165) is 11.3 Å². The van der Waals surface area contributed by atoms with Crippen molar-refractivity contribution in [2.45, 2.75) is 0 Å². The van der Waals surface area contributed by atoms with Crippen molar-refractivity contribution in [3.8, 4) is 10.4 Å². The summed E-state index contributed by atoms with van der Waals surface area (Å²) in [7, 11) is 0. The second-order valence-corrected chi connectivity index (χ2v) is 5.46. The fraction of sp³-hybridized carbons (Fsp3) is 0. The standard InChI is InChI=1S/C10H6BrClN2O2S/c11-5-3-4(1-2-6(5)12)8-7(9(15)16)14-10(13)17-8/h1-3H,(H2,13,14)(H,15,16). The molecular weight excluding hydrogens is 328 g/mol. The van der Waals surface area contributed by atoms with Crippen LogP contribution in [0, 0.1) is 0 Å². The molecule has 1 aromatic carbocycles. The number of nitrogens with zero attached hydrogens (tertiary/aromatic N) is 1. The van der Waals surface area contributed by atoms with Crippen molar-refractivity contribution in [1.82, 2.24) is 4.98 Å². The van der Waals surface area contributed by atoms with Crippen LogP contribution in [-0.4, -0.2) is 16.1 Å². The largest absolute Gasteiger partial charge is 0.476 e. The quantitative estimate of drug-likeness (QED) is 0.882. The van der Waals surface area contributed by atoms with Crippen LogP contribution in [0.25, 0.3) is 10.4 Å². The zero-order chi connectivity index (χ0) is 12.6. The van der Waals surface area contributed by atoms with Crippen molar-refractivity contribution in [2.75, 3.05) is 5.73 Å². The van der Waals surface area contributed by atoms with E-state index in [1.54, 1.807) is 18.2 Å². The molecule has 0 saturated carbocycles. The molecule has 1 heterocycles. The molecule has 0 spiro atoms. The number of rotatable bonds is 2. The lowest BCUT2D eigenvalue weighted by atomic mass is 10.1. The van der Waals surface area contributed by atoms with Crippen molar-refractivity contribution in [3.05, 3.63) is 33.4 Å².